The van der Waals surface area contributed by atoms with E-state index in [4.69, 9.17) is 0 Å². The topological polar surface area (TPSA) is 20.2 Å². The fourth-order valence-corrected chi connectivity index (χ4v) is 3.25. The number of benzene rings is 1. The van der Waals surface area contributed by atoms with Crippen molar-refractivity contribution < 1.29 is 5.11 Å². The van der Waals surface area contributed by atoms with Crippen molar-refractivity contribution in [1.82, 2.24) is 0 Å². The minimum Gasteiger partial charge on any atom is -0.385 e. The van der Waals surface area contributed by atoms with Crippen molar-refractivity contribution in [2.24, 2.45) is 5.41 Å². The SMILES string of the molecule is CC(C)c1ccc(C2(O)CCCC(C)(C)C2)cc1. The predicted molar refractivity (Wildman–Crippen MR) is 76.7 cm³/mol. The van der Waals surface area contributed by atoms with Crippen molar-refractivity contribution in [3.63, 3.8) is 0 Å². The van der Waals surface area contributed by atoms with Gasteiger partial charge in [-0.1, -0.05) is 52.0 Å². The Kier molecular flexibility index (Phi) is 3.55. The molecule has 2 rings (SSSR count). The zero-order chi connectivity index (χ0) is 13.4. The highest BCUT2D eigenvalue weighted by atomic mass is 16.3. The molecule has 1 saturated carbocycles. The van der Waals surface area contributed by atoms with Gasteiger partial charge in [0.05, 0.1) is 5.60 Å². The minimum absolute atomic E-state index is 0.254. The molecule has 1 nitrogen and oxygen atoms in total. The first-order valence-electron chi connectivity index (χ1n) is 7.15. The van der Waals surface area contributed by atoms with E-state index in [1.54, 1.807) is 0 Å². The van der Waals surface area contributed by atoms with Gasteiger partial charge in [-0.25, -0.2) is 0 Å². The molecule has 100 valence electrons. The Bertz CT molecular complexity index is 402. The largest absolute Gasteiger partial charge is 0.385 e. The Labute approximate surface area is 111 Å². The van der Waals surface area contributed by atoms with E-state index < -0.39 is 5.60 Å². The van der Waals surface area contributed by atoms with Crippen molar-refractivity contribution in [1.29, 1.82) is 0 Å². The molecular formula is C17H26O. The minimum atomic E-state index is -0.614. The van der Waals surface area contributed by atoms with Crippen molar-refractivity contribution in [3.05, 3.63) is 35.4 Å². The maximum absolute atomic E-state index is 10.9. The van der Waals surface area contributed by atoms with Gasteiger partial charge in [0.2, 0.25) is 0 Å². The second kappa shape index (κ2) is 4.70. The lowest BCUT2D eigenvalue weighted by Gasteiger charge is -2.42. The van der Waals surface area contributed by atoms with Crippen LogP contribution < -0.4 is 0 Å². The van der Waals surface area contributed by atoms with E-state index in [2.05, 4.69) is 52.0 Å². The van der Waals surface area contributed by atoms with E-state index in [1.165, 1.54) is 12.0 Å². The second-order valence-corrected chi connectivity index (χ2v) is 7.00. The fourth-order valence-electron chi connectivity index (χ4n) is 3.25. The second-order valence-electron chi connectivity index (χ2n) is 7.00. The van der Waals surface area contributed by atoms with E-state index in [0.29, 0.717) is 5.92 Å². The van der Waals surface area contributed by atoms with Crippen LogP contribution in [0.2, 0.25) is 0 Å². The molecule has 1 atom stereocenters. The number of aliphatic hydroxyl groups is 1. The highest BCUT2D eigenvalue weighted by molar-refractivity contribution is 5.29. The monoisotopic (exact) mass is 246 g/mol. The summed E-state index contributed by atoms with van der Waals surface area (Å²) >= 11 is 0. The van der Waals surface area contributed by atoms with Crippen molar-refractivity contribution >= 4 is 0 Å². The molecule has 0 aromatic heterocycles. The summed E-state index contributed by atoms with van der Waals surface area (Å²) in [6.45, 7) is 8.93. The van der Waals surface area contributed by atoms with E-state index >= 15 is 0 Å². The van der Waals surface area contributed by atoms with Gasteiger partial charge in [0, 0.05) is 0 Å². The third-order valence-corrected chi connectivity index (χ3v) is 4.33. The molecule has 0 radical (unpaired) electrons. The molecule has 1 heteroatoms. The predicted octanol–water partition coefficient (Wildman–Crippen LogP) is 4.60. The van der Waals surface area contributed by atoms with Crippen molar-refractivity contribution in [2.75, 3.05) is 0 Å². The first-order valence-corrected chi connectivity index (χ1v) is 7.15. The van der Waals surface area contributed by atoms with Gasteiger partial charge in [-0.15, -0.1) is 0 Å². The lowest BCUT2D eigenvalue weighted by atomic mass is 9.67. The maximum Gasteiger partial charge on any atom is 0.0901 e. The van der Waals surface area contributed by atoms with Gasteiger partial charge in [0.25, 0.3) is 0 Å². The maximum atomic E-state index is 10.9. The van der Waals surface area contributed by atoms with Crippen molar-refractivity contribution in [3.8, 4) is 0 Å². The molecule has 1 aliphatic carbocycles. The Balaban J connectivity index is 2.24. The van der Waals surface area contributed by atoms with Gasteiger partial charge in [-0.2, -0.15) is 0 Å². The Hall–Kier alpha value is -0.820. The Morgan fingerprint density at radius 3 is 2.17 bits per heavy atom. The molecule has 0 spiro atoms. The van der Waals surface area contributed by atoms with Gasteiger partial charge >= 0.3 is 0 Å². The molecule has 1 aromatic carbocycles. The number of rotatable bonds is 2. The van der Waals surface area contributed by atoms with Crippen LogP contribution in [-0.4, -0.2) is 5.11 Å². The van der Waals surface area contributed by atoms with Crippen LogP contribution in [0.25, 0.3) is 0 Å². The van der Waals surface area contributed by atoms with Crippen LogP contribution in [0, 0.1) is 5.41 Å². The molecule has 0 amide bonds. The highest BCUT2D eigenvalue weighted by Gasteiger charge is 2.39. The molecule has 18 heavy (non-hydrogen) atoms. The number of hydrogen-bond donors (Lipinski definition) is 1. The zero-order valence-corrected chi connectivity index (χ0v) is 12.2. The average Bonchev–Trinajstić information content (AvgIpc) is 2.27. The van der Waals surface area contributed by atoms with Gasteiger partial charge < -0.3 is 5.11 Å². The van der Waals surface area contributed by atoms with E-state index in [9.17, 15) is 5.11 Å². The third kappa shape index (κ3) is 2.77. The van der Waals surface area contributed by atoms with Crippen molar-refractivity contribution in [2.45, 2.75) is 64.9 Å². The average molecular weight is 246 g/mol. The summed E-state index contributed by atoms with van der Waals surface area (Å²) in [4.78, 5) is 0. The van der Waals surface area contributed by atoms with E-state index in [-0.39, 0.29) is 5.41 Å². The van der Waals surface area contributed by atoms with E-state index in [0.717, 1.165) is 24.8 Å². The van der Waals surface area contributed by atoms with E-state index in [1.807, 2.05) is 0 Å². The molecule has 0 saturated heterocycles. The molecule has 0 bridgehead atoms. The summed E-state index contributed by atoms with van der Waals surface area (Å²) in [7, 11) is 0. The summed E-state index contributed by atoms with van der Waals surface area (Å²) in [5, 5.41) is 10.9. The lowest BCUT2D eigenvalue weighted by molar-refractivity contribution is -0.0440. The first kappa shape index (κ1) is 13.6. The van der Waals surface area contributed by atoms with Gasteiger partial charge in [0.15, 0.2) is 0 Å². The van der Waals surface area contributed by atoms with Gasteiger partial charge in [-0.3, -0.25) is 0 Å². The molecule has 0 aliphatic heterocycles. The summed E-state index contributed by atoms with van der Waals surface area (Å²) in [6, 6.07) is 8.58. The number of hydrogen-bond acceptors (Lipinski definition) is 1. The molecular weight excluding hydrogens is 220 g/mol. The fraction of sp³-hybridized carbons (Fsp3) is 0.647. The highest BCUT2D eigenvalue weighted by Crippen LogP contribution is 2.46. The quantitative estimate of drug-likeness (QED) is 0.808. The zero-order valence-electron chi connectivity index (χ0n) is 12.2. The summed E-state index contributed by atoms with van der Waals surface area (Å²) in [5.74, 6) is 0.552. The van der Waals surface area contributed by atoms with Crippen LogP contribution in [0.15, 0.2) is 24.3 Å². The molecule has 1 fully saturated rings. The molecule has 1 unspecified atom stereocenters. The summed E-state index contributed by atoms with van der Waals surface area (Å²) < 4.78 is 0. The normalized spacial score (nSPS) is 27.4. The van der Waals surface area contributed by atoms with Crippen LogP contribution >= 0.6 is 0 Å². The van der Waals surface area contributed by atoms with Crippen LogP contribution in [-0.2, 0) is 5.60 Å². The summed E-state index contributed by atoms with van der Waals surface area (Å²) in [5.41, 5.74) is 2.08. The van der Waals surface area contributed by atoms with Gasteiger partial charge in [-0.05, 0) is 48.1 Å². The molecule has 1 aliphatic rings. The smallest absolute Gasteiger partial charge is 0.0901 e. The Morgan fingerprint density at radius 1 is 1.06 bits per heavy atom. The van der Waals surface area contributed by atoms with Gasteiger partial charge in [0.1, 0.15) is 0 Å². The lowest BCUT2D eigenvalue weighted by Crippen LogP contribution is -2.36. The third-order valence-electron chi connectivity index (χ3n) is 4.33. The first-order chi connectivity index (χ1) is 8.32. The molecule has 1 N–H and O–H groups in total. The van der Waals surface area contributed by atoms with Crippen LogP contribution in [0.1, 0.15) is 70.4 Å². The van der Waals surface area contributed by atoms with Crippen LogP contribution in [0.5, 0.6) is 0 Å². The van der Waals surface area contributed by atoms with Crippen LogP contribution in [0.3, 0.4) is 0 Å². The Morgan fingerprint density at radius 2 is 1.67 bits per heavy atom. The summed E-state index contributed by atoms with van der Waals surface area (Å²) in [6.07, 6.45) is 4.12. The van der Waals surface area contributed by atoms with Crippen LogP contribution in [0.4, 0.5) is 0 Å². The standard InChI is InChI=1S/C17H26O/c1-13(2)14-6-8-15(9-7-14)17(18)11-5-10-16(3,4)12-17/h6-9,13,18H,5,10-12H2,1-4H3. The molecule has 1 aromatic rings. The molecule has 0 heterocycles.